The number of carbonyl (C=O) groups is 1. The molecule has 0 spiro atoms. The Morgan fingerprint density at radius 1 is 0.647 bits per heavy atom. The Morgan fingerprint density at radius 2 is 1.03 bits per heavy atom. The van der Waals surface area contributed by atoms with Crippen LogP contribution in [0.25, 0.3) is 0 Å². The molecule has 172 valence electrons. The zero-order chi connectivity index (χ0) is 23.6. The summed E-state index contributed by atoms with van der Waals surface area (Å²) in [5.41, 5.74) is 2.49. The van der Waals surface area contributed by atoms with Crippen molar-refractivity contribution in [1.29, 1.82) is 0 Å². The molecule has 4 aromatic carbocycles. The highest BCUT2D eigenvalue weighted by atomic mass is 28.3. The Hall–Kier alpha value is -3.43. The van der Waals surface area contributed by atoms with Gasteiger partial charge in [-0.15, -0.1) is 0 Å². The van der Waals surface area contributed by atoms with Gasteiger partial charge in [0.05, 0.1) is 0 Å². The summed E-state index contributed by atoms with van der Waals surface area (Å²) in [4.78, 5) is 13.3. The van der Waals surface area contributed by atoms with Crippen LogP contribution in [0.3, 0.4) is 0 Å². The maximum Gasteiger partial charge on any atom is 0.219 e. The lowest BCUT2D eigenvalue weighted by atomic mass is 9.99. The molecule has 0 bridgehead atoms. The summed E-state index contributed by atoms with van der Waals surface area (Å²) in [6, 6.07) is 43.3. The fourth-order valence-electron chi connectivity index (χ4n) is 4.70. The Morgan fingerprint density at radius 3 is 1.44 bits per heavy atom. The molecule has 0 aliphatic carbocycles. The molecule has 0 unspecified atom stereocenters. The van der Waals surface area contributed by atoms with Crippen LogP contribution >= 0.6 is 0 Å². The summed E-state index contributed by atoms with van der Waals surface area (Å²) >= 11 is 0. The second-order valence-corrected chi connectivity index (χ2v) is 13.5. The van der Waals surface area contributed by atoms with Crippen LogP contribution in [0.1, 0.15) is 17.5 Å². The van der Waals surface area contributed by atoms with Crippen LogP contribution in [-0.2, 0) is 17.6 Å². The third kappa shape index (κ3) is 6.33. The van der Waals surface area contributed by atoms with Crippen LogP contribution in [0, 0.1) is 0 Å². The molecular weight excluding hydrogens is 430 g/mol. The highest BCUT2D eigenvalue weighted by Crippen LogP contribution is 2.15. The topological polar surface area (TPSA) is 29.1 Å². The van der Waals surface area contributed by atoms with Crippen LogP contribution in [0.2, 0.25) is 12.6 Å². The minimum atomic E-state index is -2.02. The van der Waals surface area contributed by atoms with E-state index in [1.807, 2.05) is 12.1 Å². The van der Waals surface area contributed by atoms with Gasteiger partial charge in [-0.2, -0.15) is 0 Å². The quantitative estimate of drug-likeness (QED) is 0.320. The van der Waals surface area contributed by atoms with Crippen molar-refractivity contribution in [3.63, 3.8) is 0 Å². The van der Waals surface area contributed by atoms with Gasteiger partial charge in [-0.05, 0) is 30.0 Å². The first-order chi connectivity index (χ1) is 16.6. The average molecular weight is 464 g/mol. The largest absolute Gasteiger partial charge is 0.353 e. The highest BCUT2D eigenvalue weighted by Gasteiger charge is 2.32. The fourth-order valence-corrected chi connectivity index (χ4v) is 8.20. The lowest BCUT2D eigenvalue weighted by Crippen LogP contribution is -2.56. The number of hydrogen-bond acceptors (Lipinski definition) is 1. The van der Waals surface area contributed by atoms with Gasteiger partial charge in [0.1, 0.15) is 8.07 Å². The third-order valence-electron chi connectivity index (χ3n) is 6.69. The van der Waals surface area contributed by atoms with E-state index in [2.05, 4.69) is 121 Å². The molecule has 0 aliphatic heterocycles. The van der Waals surface area contributed by atoms with E-state index in [1.54, 1.807) is 0 Å². The minimum absolute atomic E-state index is 0.0682. The van der Waals surface area contributed by atoms with Crippen molar-refractivity contribution in [3.05, 3.63) is 132 Å². The Bertz CT molecular complexity index is 1070. The summed E-state index contributed by atoms with van der Waals surface area (Å²) in [5.74, 6) is 0.141. The van der Waals surface area contributed by atoms with Gasteiger partial charge in [-0.3, -0.25) is 4.79 Å². The summed E-state index contributed by atoms with van der Waals surface area (Å²) < 4.78 is 0. The van der Waals surface area contributed by atoms with E-state index in [9.17, 15) is 4.79 Å². The summed E-state index contributed by atoms with van der Waals surface area (Å²) in [6.07, 6.45) is 2.19. The molecule has 0 fully saturated rings. The van der Waals surface area contributed by atoms with Crippen molar-refractivity contribution >= 4 is 24.4 Å². The van der Waals surface area contributed by atoms with Crippen LogP contribution in [0.4, 0.5) is 0 Å². The van der Waals surface area contributed by atoms with Crippen LogP contribution < -0.4 is 15.7 Å². The van der Waals surface area contributed by atoms with Gasteiger partial charge < -0.3 is 5.32 Å². The van der Waals surface area contributed by atoms with Crippen molar-refractivity contribution in [1.82, 2.24) is 5.32 Å². The molecule has 1 N–H and O–H groups in total. The molecule has 2 nitrogen and oxygen atoms in total. The van der Waals surface area contributed by atoms with E-state index in [0.717, 1.165) is 18.9 Å². The number of carbonyl (C=O) groups excluding carboxylic acids is 1. The predicted molar refractivity (Wildman–Crippen MR) is 145 cm³/mol. The van der Waals surface area contributed by atoms with Crippen molar-refractivity contribution in [3.8, 4) is 0 Å². The zero-order valence-corrected chi connectivity index (χ0v) is 20.9. The Labute approximate surface area is 204 Å². The molecule has 4 aromatic rings. The monoisotopic (exact) mass is 463 g/mol. The maximum absolute atomic E-state index is 13.3. The van der Waals surface area contributed by atoms with E-state index in [-0.39, 0.29) is 11.9 Å². The second-order valence-electron chi connectivity index (χ2n) is 9.21. The van der Waals surface area contributed by atoms with Gasteiger partial charge in [0.2, 0.25) is 5.91 Å². The van der Waals surface area contributed by atoms with E-state index < -0.39 is 8.07 Å². The number of benzene rings is 4. The highest BCUT2D eigenvalue weighted by molar-refractivity contribution is 7.01. The lowest BCUT2D eigenvalue weighted by Gasteiger charge is -2.29. The average Bonchev–Trinajstić information content (AvgIpc) is 2.89. The smallest absolute Gasteiger partial charge is 0.219 e. The molecule has 3 heteroatoms. The first-order valence-electron chi connectivity index (χ1n) is 12.1. The predicted octanol–water partition coefficient (Wildman–Crippen LogP) is 5.24. The van der Waals surface area contributed by atoms with E-state index in [4.69, 9.17) is 0 Å². The van der Waals surface area contributed by atoms with E-state index >= 15 is 0 Å². The molecule has 0 atom stereocenters. The van der Waals surface area contributed by atoms with Crippen LogP contribution in [0.5, 0.6) is 0 Å². The second kappa shape index (κ2) is 11.6. The Balaban J connectivity index is 1.48. The first-order valence-corrected chi connectivity index (χ1v) is 14.8. The van der Waals surface area contributed by atoms with Gasteiger partial charge >= 0.3 is 0 Å². The van der Waals surface area contributed by atoms with Gasteiger partial charge in [-0.1, -0.05) is 138 Å². The van der Waals surface area contributed by atoms with Crippen LogP contribution in [-0.4, -0.2) is 20.0 Å². The Kier molecular flexibility index (Phi) is 8.11. The standard InChI is InChI=1S/C31H33NOSi/c1-34(29-18-10-4-11-19-29,30-20-12-5-13-21-30)23-22-31(33)32-28(24-26-14-6-2-7-15-26)25-27-16-8-3-9-17-27/h2-21,28H,22-25H2,1H3,(H,32,33). The molecule has 0 radical (unpaired) electrons. The minimum Gasteiger partial charge on any atom is -0.353 e. The van der Waals surface area contributed by atoms with E-state index in [0.29, 0.717) is 6.42 Å². The molecule has 0 saturated heterocycles. The van der Waals surface area contributed by atoms with Crippen LogP contribution in [0.15, 0.2) is 121 Å². The molecule has 0 aliphatic rings. The van der Waals surface area contributed by atoms with Gasteiger partial charge in [0, 0.05) is 12.5 Å². The normalized spacial score (nSPS) is 11.4. The molecule has 1 amide bonds. The first kappa shape index (κ1) is 23.7. The molecule has 0 aromatic heterocycles. The number of nitrogens with one attached hydrogen (secondary N) is 1. The van der Waals surface area contributed by atoms with Gasteiger partial charge in [-0.25, -0.2) is 0 Å². The summed E-state index contributed by atoms with van der Waals surface area (Å²) in [6.45, 7) is 2.39. The summed E-state index contributed by atoms with van der Waals surface area (Å²) in [7, 11) is -2.02. The molecule has 0 saturated carbocycles. The number of amides is 1. The number of rotatable bonds is 10. The van der Waals surface area contributed by atoms with E-state index in [1.165, 1.54) is 21.5 Å². The lowest BCUT2D eigenvalue weighted by molar-refractivity contribution is -0.121. The third-order valence-corrected chi connectivity index (χ3v) is 11.2. The SMILES string of the molecule is C[Si](CCC(=O)NC(Cc1ccccc1)Cc1ccccc1)(c1ccccc1)c1ccccc1. The maximum atomic E-state index is 13.3. The molecular formula is C31H33NOSi. The fraction of sp³-hybridized carbons (Fsp3) is 0.194. The zero-order valence-electron chi connectivity index (χ0n) is 19.9. The molecule has 34 heavy (non-hydrogen) atoms. The summed E-state index contributed by atoms with van der Waals surface area (Å²) in [5, 5.41) is 6.12. The van der Waals surface area contributed by atoms with Crippen molar-refractivity contribution in [2.45, 2.75) is 37.9 Å². The molecule has 4 rings (SSSR count). The van der Waals surface area contributed by atoms with Crippen molar-refractivity contribution in [2.75, 3.05) is 0 Å². The van der Waals surface area contributed by atoms with Crippen molar-refractivity contribution in [2.24, 2.45) is 0 Å². The van der Waals surface area contributed by atoms with Gasteiger partial charge in [0.25, 0.3) is 0 Å². The van der Waals surface area contributed by atoms with Crippen molar-refractivity contribution < 1.29 is 4.79 Å². The van der Waals surface area contributed by atoms with Gasteiger partial charge in [0.15, 0.2) is 0 Å². The number of hydrogen-bond donors (Lipinski definition) is 1. The molecule has 0 heterocycles.